The highest BCUT2D eigenvalue weighted by Gasteiger charge is 2.48. The maximum atomic E-state index is 15.8. The van der Waals surface area contributed by atoms with Crippen LogP contribution in [0.2, 0.25) is 0 Å². The molecule has 0 bridgehead atoms. The highest BCUT2D eigenvalue weighted by Crippen LogP contribution is 2.37. The average Bonchev–Trinajstić information content (AvgIpc) is 2.74. The van der Waals surface area contributed by atoms with Crippen LogP contribution in [0.15, 0.2) is 35.3 Å². The molecule has 2 N–H and O–H groups in total. The van der Waals surface area contributed by atoms with Gasteiger partial charge in [0.15, 0.2) is 11.6 Å². The molecular weight excluding hydrogens is 519 g/mol. The van der Waals surface area contributed by atoms with Crippen molar-refractivity contribution in [2.75, 3.05) is 18.0 Å². The summed E-state index contributed by atoms with van der Waals surface area (Å²) >= 11 is 0. The number of rotatable bonds is 4. The largest absolute Gasteiger partial charge is 0.511 e. The molecule has 2 heterocycles. The van der Waals surface area contributed by atoms with Crippen molar-refractivity contribution >= 4 is 28.7 Å². The molecule has 0 aliphatic carbocycles. The summed E-state index contributed by atoms with van der Waals surface area (Å²) in [4.78, 5) is 35.9. The van der Waals surface area contributed by atoms with Crippen LogP contribution in [-0.4, -0.2) is 46.5 Å². The van der Waals surface area contributed by atoms with Crippen molar-refractivity contribution in [2.45, 2.75) is 18.6 Å². The van der Waals surface area contributed by atoms with Crippen molar-refractivity contribution in [3.63, 3.8) is 0 Å². The third kappa shape index (κ3) is 4.63. The summed E-state index contributed by atoms with van der Waals surface area (Å²) in [5, 5.41) is 9.86. The summed E-state index contributed by atoms with van der Waals surface area (Å²) in [6.07, 6.45) is -6.53. The number of halogens is 7. The summed E-state index contributed by atoms with van der Waals surface area (Å²) in [7, 11) is 0. The molecule has 0 spiro atoms. The van der Waals surface area contributed by atoms with Crippen LogP contribution >= 0.6 is 0 Å². The molecule has 1 aliphatic rings. The van der Waals surface area contributed by atoms with Gasteiger partial charge in [0.2, 0.25) is 5.43 Å². The topological polar surface area (TPSA) is 101 Å². The number of pyridine rings is 1. The van der Waals surface area contributed by atoms with Crippen molar-refractivity contribution in [2.24, 2.45) is 0 Å². The maximum Gasteiger partial charge on any atom is 0.511 e. The lowest BCUT2D eigenvalue weighted by Crippen LogP contribution is -2.70. The summed E-state index contributed by atoms with van der Waals surface area (Å²) < 4.78 is 102. The highest BCUT2D eigenvalue weighted by atomic mass is 19.4. The van der Waals surface area contributed by atoms with Crippen molar-refractivity contribution in [3.05, 3.63) is 64.0 Å². The maximum absolute atomic E-state index is 15.8. The van der Waals surface area contributed by atoms with Crippen molar-refractivity contribution in [1.29, 1.82) is 0 Å². The standard InChI is InChI=1S/C22H14F7N3O5/c1-21(30-19(34)22(27,28)29)7-31(8-21)17-12(25)5-10-16(15(17)26)32(6-14(18(10)33)37-20(35)36)13-3-2-9(23)4-11(13)24/h2-6H,7-8H2,1H3,(H,30,34)(H,35,36). The SMILES string of the molecule is CC1(NC(=O)C(F)(F)F)CN(c2c(F)cc3c(=O)c(OC(=O)O)cn(-c4ccc(F)cc4F)c3c2F)C1. The molecule has 8 nitrogen and oxygen atoms in total. The van der Waals surface area contributed by atoms with Crippen LogP contribution in [0, 0.1) is 23.3 Å². The molecule has 0 unspecified atom stereocenters. The first-order valence-corrected chi connectivity index (χ1v) is 10.2. The van der Waals surface area contributed by atoms with E-state index in [0.29, 0.717) is 22.9 Å². The molecule has 4 rings (SSSR count). The van der Waals surface area contributed by atoms with Gasteiger partial charge in [0, 0.05) is 19.2 Å². The molecule has 1 aromatic heterocycles. The lowest BCUT2D eigenvalue weighted by molar-refractivity contribution is -0.175. The Balaban J connectivity index is 1.87. The fourth-order valence-electron chi connectivity index (χ4n) is 4.08. The molecule has 1 aliphatic heterocycles. The predicted octanol–water partition coefficient (Wildman–Crippen LogP) is 3.86. The number of carboxylic acid groups (broad SMARTS) is 1. The quantitative estimate of drug-likeness (QED) is 0.390. The molecule has 2 aromatic carbocycles. The van der Waals surface area contributed by atoms with Crippen LogP contribution in [0.1, 0.15) is 6.92 Å². The van der Waals surface area contributed by atoms with Crippen LogP contribution in [-0.2, 0) is 4.79 Å². The minimum absolute atomic E-state index is 0.420. The van der Waals surface area contributed by atoms with Crippen LogP contribution in [0.4, 0.5) is 41.2 Å². The zero-order chi connectivity index (χ0) is 27.4. The third-order valence-electron chi connectivity index (χ3n) is 5.56. The first kappa shape index (κ1) is 25.8. The minimum atomic E-state index is -5.19. The predicted molar refractivity (Wildman–Crippen MR) is 113 cm³/mol. The summed E-state index contributed by atoms with van der Waals surface area (Å²) in [5.41, 5.74) is -4.91. The number of carbonyl (C=O) groups is 2. The number of benzene rings is 2. The number of carbonyl (C=O) groups excluding carboxylic acids is 1. The Morgan fingerprint density at radius 1 is 1.08 bits per heavy atom. The van der Waals surface area contributed by atoms with Gasteiger partial charge >= 0.3 is 18.2 Å². The van der Waals surface area contributed by atoms with E-state index >= 15 is 8.78 Å². The van der Waals surface area contributed by atoms with Gasteiger partial charge in [-0.15, -0.1) is 0 Å². The lowest BCUT2D eigenvalue weighted by Gasteiger charge is -2.49. The average molecular weight is 533 g/mol. The van der Waals surface area contributed by atoms with E-state index in [-0.39, 0.29) is 0 Å². The number of aromatic nitrogens is 1. The van der Waals surface area contributed by atoms with Crippen LogP contribution < -0.4 is 20.4 Å². The first-order chi connectivity index (χ1) is 17.1. The van der Waals surface area contributed by atoms with E-state index in [1.54, 1.807) is 5.32 Å². The number of fused-ring (bicyclic) bond motifs is 1. The summed E-state index contributed by atoms with van der Waals surface area (Å²) in [6, 6.07) is 2.57. The van der Waals surface area contributed by atoms with Gasteiger partial charge in [-0.25, -0.2) is 22.4 Å². The Kier molecular flexibility index (Phi) is 6.04. The Morgan fingerprint density at radius 3 is 2.30 bits per heavy atom. The molecule has 196 valence electrons. The van der Waals surface area contributed by atoms with Crippen molar-refractivity contribution in [1.82, 2.24) is 9.88 Å². The Labute approximate surface area is 201 Å². The molecule has 1 amide bonds. The Bertz CT molecular complexity index is 1510. The molecule has 1 fully saturated rings. The van der Waals surface area contributed by atoms with Gasteiger partial charge in [-0.3, -0.25) is 9.59 Å². The second-order valence-electron chi connectivity index (χ2n) is 8.44. The number of ether oxygens (including phenoxy) is 1. The van der Waals surface area contributed by atoms with E-state index < -0.39 is 93.6 Å². The number of hydrogen-bond donors (Lipinski definition) is 2. The zero-order valence-electron chi connectivity index (χ0n) is 18.4. The molecular formula is C22H14F7N3O5. The van der Waals surface area contributed by atoms with Gasteiger partial charge in [0.25, 0.3) is 0 Å². The van der Waals surface area contributed by atoms with Gasteiger partial charge in [0.1, 0.15) is 23.1 Å². The van der Waals surface area contributed by atoms with Crippen LogP contribution in [0.25, 0.3) is 16.6 Å². The highest BCUT2D eigenvalue weighted by molar-refractivity contribution is 5.88. The monoisotopic (exact) mass is 533 g/mol. The first-order valence-electron chi connectivity index (χ1n) is 10.2. The van der Waals surface area contributed by atoms with Gasteiger partial charge in [-0.05, 0) is 25.1 Å². The number of amides is 1. The second-order valence-corrected chi connectivity index (χ2v) is 8.44. The normalized spacial score (nSPS) is 14.9. The van der Waals surface area contributed by atoms with E-state index in [4.69, 9.17) is 5.11 Å². The second kappa shape index (κ2) is 8.67. The number of hydrogen-bond acceptors (Lipinski definition) is 5. The molecule has 0 radical (unpaired) electrons. The van der Waals surface area contributed by atoms with E-state index in [0.717, 1.165) is 17.0 Å². The van der Waals surface area contributed by atoms with Crippen molar-refractivity contribution < 1.29 is 50.2 Å². The number of anilines is 1. The third-order valence-corrected chi connectivity index (χ3v) is 5.56. The van der Waals surface area contributed by atoms with Crippen molar-refractivity contribution in [3.8, 4) is 11.4 Å². The number of nitrogens with zero attached hydrogens (tertiary/aromatic N) is 2. The Hall–Kier alpha value is -4.30. The summed E-state index contributed by atoms with van der Waals surface area (Å²) in [6.45, 7) is 0.274. The molecule has 1 saturated heterocycles. The zero-order valence-corrected chi connectivity index (χ0v) is 18.4. The van der Waals surface area contributed by atoms with E-state index in [2.05, 4.69) is 4.74 Å². The summed E-state index contributed by atoms with van der Waals surface area (Å²) in [5.74, 6) is -8.28. The van der Waals surface area contributed by atoms with Gasteiger partial charge < -0.3 is 24.6 Å². The van der Waals surface area contributed by atoms with E-state index in [1.807, 2.05) is 0 Å². The smallest absolute Gasteiger partial charge is 0.449 e. The number of alkyl halides is 3. The van der Waals surface area contributed by atoms with E-state index in [9.17, 15) is 36.3 Å². The number of nitrogens with one attached hydrogen (secondary N) is 1. The van der Waals surface area contributed by atoms with Gasteiger partial charge in [-0.2, -0.15) is 13.2 Å². The molecule has 3 aromatic rings. The fraction of sp³-hybridized carbons (Fsp3) is 0.227. The lowest BCUT2D eigenvalue weighted by atomic mass is 9.91. The van der Waals surface area contributed by atoms with Gasteiger partial charge in [-0.1, -0.05) is 0 Å². The fourth-order valence-corrected chi connectivity index (χ4v) is 4.08. The molecule has 0 saturated carbocycles. The molecule has 15 heteroatoms. The molecule has 37 heavy (non-hydrogen) atoms. The van der Waals surface area contributed by atoms with Crippen LogP contribution in [0.5, 0.6) is 5.75 Å². The molecule has 0 atom stereocenters. The van der Waals surface area contributed by atoms with E-state index in [1.165, 1.54) is 6.92 Å². The van der Waals surface area contributed by atoms with Gasteiger partial charge in [0.05, 0.1) is 28.3 Å². The minimum Gasteiger partial charge on any atom is -0.449 e. The Morgan fingerprint density at radius 2 is 1.73 bits per heavy atom. The van der Waals surface area contributed by atoms with Crippen LogP contribution in [0.3, 0.4) is 0 Å².